The predicted octanol–water partition coefficient (Wildman–Crippen LogP) is 18.8. The van der Waals surface area contributed by atoms with Gasteiger partial charge in [0.2, 0.25) is 0 Å². The molecule has 0 fully saturated rings. The lowest BCUT2D eigenvalue weighted by Gasteiger charge is -2.18. The quantitative estimate of drug-likeness (QED) is 0.0262. The first-order chi connectivity index (χ1) is 33.0. The maximum Gasteiger partial charge on any atom is 0.306 e. The molecule has 0 N–H and O–H groups in total. The molecule has 0 rings (SSSR count). The normalized spacial score (nSPS) is 12.7. The molecule has 0 saturated carbocycles. The summed E-state index contributed by atoms with van der Waals surface area (Å²) in [5, 5.41) is 0. The molecule has 0 aromatic rings. The van der Waals surface area contributed by atoms with Gasteiger partial charge in [0.25, 0.3) is 0 Å². The van der Waals surface area contributed by atoms with Crippen LogP contribution in [0.4, 0.5) is 0 Å². The van der Waals surface area contributed by atoms with Gasteiger partial charge in [-0.25, -0.2) is 0 Å². The molecule has 0 aliphatic heterocycles. The minimum atomic E-state index is -0.809. The molecule has 0 amide bonds. The fraction of sp³-hybridized carbons (Fsp3) is 0.721. The second-order valence-electron chi connectivity index (χ2n) is 18.5. The average Bonchev–Trinajstić information content (AvgIpc) is 3.33. The second-order valence-corrected chi connectivity index (χ2v) is 18.5. The molecular formula is C61H104O6. The van der Waals surface area contributed by atoms with Gasteiger partial charge in [-0.1, -0.05) is 247 Å². The van der Waals surface area contributed by atoms with Crippen molar-refractivity contribution in [3.63, 3.8) is 0 Å². The Kier molecular flexibility index (Phi) is 52.4. The Bertz CT molecular complexity index is 1300. The Morgan fingerprint density at radius 1 is 0.313 bits per heavy atom. The third-order valence-electron chi connectivity index (χ3n) is 11.9. The van der Waals surface area contributed by atoms with Gasteiger partial charge in [-0.3, -0.25) is 14.4 Å². The van der Waals surface area contributed by atoms with Crippen LogP contribution in [0.2, 0.25) is 0 Å². The van der Waals surface area contributed by atoms with E-state index >= 15 is 0 Å². The molecule has 0 heterocycles. The molecule has 0 spiro atoms. The Labute approximate surface area is 414 Å². The Morgan fingerprint density at radius 2 is 0.612 bits per heavy atom. The highest BCUT2D eigenvalue weighted by Crippen LogP contribution is 2.16. The second kappa shape index (κ2) is 55.2. The molecule has 6 nitrogen and oxygen atoms in total. The molecule has 67 heavy (non-hydrogen) atoms. The smallest absolute Gasteiger partial charge is 0.306 e. The van der Waals surface area contributed by atoms with Crippen molar-refractivity contribution in [2.45, 2.75) is 271 Å². The number of esters is 3. The number of carbonyl (C=O) groups excluding carboxylic acids is 3. The van der Waals surface area contributed by atoms with Crippen molar-refractivity contribution in [3.8, 4) is 0 Å². The van der Waals surface area contributed by atoms with Crippen molar-refractivity contribution >= 4 is 17.9 Å². The van der Waals surface area contributed by atoms with E-state index < -0.39 is 6.10 Å². The molecule has 0 saturated heterocycles. The van der Waals surface area contributed by atoms with Gasteiger partial charge >= 0.3 is 17.9 Å². The molecule has 0 radical (unpaired) electrons. The Balaban J connectivity index is 4.44. The lowest BCUT2D eigenvalue weighted by Crippen LogP contribution is -2.30. The third-order valence-corrected chi connectivity index (χ3v) is 11.9. The fourth-order valence-corrected chi connectivity index (χ4v) is 7.70. The summed E-state index contributed by atoms with van der Waals surface area (Å²) >= 11 is 0. The van der Waals surface area contributed by atoms with Crippen LogP contribution in [0, 0.1) is 0 Å². The third kappa shape index (κ3) is 53.4. The fourth-order valence-electron chi connectivity index (χ4n) is 7.70. The zero-order valence-electron chi connectivity index (χ0n) is 43.9. The maximum absolute atomic E-state index is 12.8. The van der Waals surface area contributed by atoms with Gasteiger partial charge in [-0.2, -0.15) is 0 Å². The van der Waals surface area contributed by atoms with Crippen LogP contribution >= 0.6 is 0 Å². The van der Waals surface area contributed by atoms with Crippen molar-refractivity contribution in [1.29, 1.82) is 0 Å². The molecule has 0 bridgehead atoms. The van der Waals surface area contributed by atoms with Gasteiger partial charge in [0.15, 0.2) is 6.10 Å². The Morgan fingerprint density at radius 3 is 1.03 bits per heavy atom. The maximum atomic E-state index is 12.8. The summed E-state index contributed by atoms with van der Waals surface area (Å²) in [6.45, 7) is 6.44. The first kappa shape index (κ1) is 63.6. The minimum Gasteiger partial charge on any atom is -0.462 e. The van der Waals surface area contributed by atoms with Crippen LogP contribution in [0.1, 0.15) is 265 Å². The van der Waals surface area contributed by atoms with E-state index in [9.17, 15) is 14.4 Å². The van der Waals surface area contributed by atoms with Crippen LogP contribution in [-0.2, 0) is 28.6 Å². The summed E-state index contributed by atoms with van der Waals surface area (Å²) in [5.41, 5.74) is 0. The molecule has 0 aliphatic rings. The van der Waals surface area contributed by atoms with Gasteiger partial charge in [0.05, 0.1) is 0 Å². The summed E-state index contributed by atoms with van der Waals surface area (Å²) in [5.74, 6) is -0.994. The van der Waals surface area contributed by atoms with Gasteiger partial charge in [0, 0.05) is 19.3 Å². The van der Waals surface area contributed by atoms with Gasteiger partial charge < -0.3 is 14.2 Å². The lowest BCUT2D eigenvalue weighted by atomic mass is 10.0. The minimum absolute atomic E-state index is 0.104. The highest BCUT2D eigenvalue weighted by atomic mass is 16.6. The van der Waals surface area contributed by atoms with Crippen molar-refractivity contribution in [2.24, 2.45) is 0 Å². The SMILES string of the molecule is CC/C=C\C/C=C\C/C=C\C/C=C\CCC(=O)OCC(COC(=O)CCCCCCCC/C=C\C/C=C\C/C=C\CCCCC)OC(=O)CCCCCCCCCCCCCCCCCCC. The molecular weight excluding hydrogens is 829 g/mol. The van der Waals surface area contributed by atoms with Crippen molar-refractivity contribution in [2.75, 3.05) is 13.2 Å². The van der Waals surface area contributed by atoms with E-state index in [1.807, 2.05) is 6.08 Å². The first-order valence-electron chi connectivity index (χ1n) is 28.1. The topological polar surface area (TPSA) is 78.9 Å². The van der Waals surface area contributed by atoms with Crippen LogP contribution in [0.5, 0.6) is 0 Å². The average molecular weight is 933 g/mol. The number of allylic oxidation sites excluding steroid dienone is 14. The number of ether oxygens (including phenoxy) is 3. The number of unbranched alkanes of at least 4 members (excludes halogenated alkanes) is 25. The van der Waals surface area contributed by atoms with E-state index in [4.69, 9.17) is 14.2 Å². The number of hydrogen-bond acceptors (Lipinski definition) is 6. The van der Waals surface area contributed by atoms with Gasteiger partial charge in [0.1, 0.15) is 13.2 Å². The first-order valence-corrected chi connectivity index (χ1v) is 28.1. The van der Waals surface area contributed by atoms with Crippen molar-refractivity contribution in [1.82, 2.24) is 0 Å². The summed E-state index contributed by atoms with van der Waals surface area (Å²) in [4.78, 5) is 38.1. The van der Waals surface area contributed by atoms with Gasteiger partial charge in [-0.05, 0) is 83.5 Å². The van der Waals surface area contributed by atoms with Crippen LogP contribution in [-0.4, -0.2) is 37.2 Å². The van der Waals surface area contributed by atoms with Crippen molar-refractivity contribution in [3.05, 3.63) is 85.1 Å². The van der Waals surface area contributed by atoms with E-state index in [0.717, 1.165) is 83.5 Å². The van der Waals surface area contributed by atoms with Crippen molar-refractivity contribution < 1.29 is 28.6 Å². The number of hydrogen-bond donors (Lipinski definition) is 0. The monoisotopic (exact) mass is 933 g/mol. The van der Waals surface area contributed by atoms with Crippen LogP contribution in [0.25, 0.3) is 0 Å². The Hall–Kier alpha value is -3.41. The zero-order valence-corrected chi connectivity index (χ0v) is 43.9. The predicted molar refractivity (Wildman–Crippen MR) is 288 cm³/mol. The molecule has 384 valence electrons. The number of rotatable bonds is 50. The van der Waals surface area contributed by atoms with Crippen LogP contribution in [0.3, 0.4) is 0 Å². The summed E-state index contributed by atoms with van der Waals surface area (Å²) in [6, 6.07) is 0. The molecule has 1 atom stereocenters. The molecule has 1 unspecified atom stereocenters. The van der Waals surface area contributed by atoms with E-state index in [1.54, 1.807) is 0 Å². The summed E-state index contributed by atoms with van der Waals surface area (Å²) in [7, 11) is 0. The molecule has 0 aromatic heterocycles. The zero-order chi connectivity index (χ0) is 48.6. The highest BCUT2D eigenvalue weighted by molar-refractivity contribution is 5.71. The molecule has 6 heteroatoms. The lowest BCUT2D eigenvalue weighted by molar-refractivity contribution is -0.166. The molecule has 0 aromatic carbocycles. The van der Waals surface area contributed by atoms with Crippen LogP contribution < -0.4 is 0 Å². The van der Waals surface area contributed by atoms with E-state index in [2.05, 4.69) is 99.8 Å². The van der Waals surface area contributed by atoms with E-state index in [-0.39, 0.29) is 37.5 Å². The van der Waals surface area contributed by atoms with Gasteiger partial charge in [-0.15, -0.1) is 0 Å². The summed E-state index contributed by atoms with van der Waals surface area (Å²) in [6.07, 6.45) is 71.6. The molecule has 0 aliphatic carbocycles. The summed E-state index contributed by atoms with van der Waals surface area (Å²) < 4.78 is 16.8. The standard InChI is InChI=1S/C61H104O6/c1-4-7-10-13-16-19-22-25-27-29-30-32-33-36-39-42-45-48-51-54-60(63)66-57-58(56-65-59(62)53-50-47-44-41-38-35-24-21-18-15-12-9-6-3)67-61(64)55-52-49-46-43-40-37-34-31-28-26-23-20-17-14-11-8-5-2/h9,12,16,18-19,21,25,27,30,32,35,38,44,47,58H,4-8,10-11,13-15,17,20,22-24,26,28-29,31,33-34,36-37,39-43,45-46,48-57H2,1-3H3/b12-9-,19-16-,21-18-,27-25-,32-30-,38-35-,47-44-. The largest absolute Gasteiger partial charge is 0.462 e. The van der Waals surface area contributed by atoms with Crippen LogP contribution in [0.15, 0.2) is 85.1 Å². The van der Waals surface area contributed by atoms with E-state index in [1.165, 1.54) is 135 Å². The van der Waals surface area contributed by atoms with E-state index in [0.29, 0.717) is 19.3 Å². The highest BCUT2D eigenvalue weighted by Gasteiger charge is 2.19. The number of carbonyl (C=O) groups is 3.